The SMILES string of the molecule is COc1ccc(-c2cc[c]cc2Br)cc1. The van der Waals surface area contributed by atoms with E-state index in [9.17, 15) is 0 Å². The number of rotatable bonds is 2. The van der Waals surface area contributed by atoms with E-state index in [1.165, 1.54) is 0 Å². The summed E-state index contributed by atoms with van der Waals surface area (Å²) in [5, 5.41) is 0. The van der Waals surface area contributed by atoms with Crippen molar-refractivity contribution in [2.24, 2.45) is 0 Å². The quantitative estimate of drug-likeness (QED) is 0.796. The molecule has 0 aliphatic heterocycles. The lowest BCUT2D eigenvalue weighted by molar-refractivity contribution is 0.415. The van der Waals surface area contributed by atoms with Crippen LogP contribution in [0.15, 0.2) is 46.9 Å². The normalized spacial score (nSPS) is 10.0. The molecule has 0 atom stereocenters. The fourth-order valence-corrected chi connectivity index (χ4v) is 1.91. The Hall–Kier alpha value is -1.28. The van der Waals surface area contributed by atoms with Crippen LogP contribution in [0.1, 0.15) is 0 Å². The van der Waals surface area contributed by atoms with Crippen LogP contribution in [0.4, 0.5) is 0 Å². The molecule has 0 unspecified atom stereocenters. The van der Waals surface area contributed by atoms with Crippen molar-refractivity contribution in [2.75, 3.05) is 7.11 Å². The van der Waals surface area contributed by atoms with Crippen LogP contribution in [0.2, 0.25) is 0 Å². The lowest BCUT2D eigenvalue weighted by atomic mass is 10.1. The lowest BCUT2D eigenvalue weighted by Crippen LogP contribution is -1.83. The predicted octanol–water partition coefficient (Wildman–Crippen LogP) is 3.92. The molecule has 0 bridgehead atoms. The van der Waals surface area contributed by atoms with Crippen molar-refractivity contribution in [3.63, 3.8) is 0 Å². The zero-order valence-electron chi connectivity index (χ0n) is 8.33. The lowest BCUT2D eigenvalue weighted by Gasteiger charge is -2.05. The molecule has 2 heteroatoms. The maximum absolute atomic E-state index is 5.12. The van der Waals surface area contributed by atoms with Crippen LogP contribution in [0.5, 0.6) is 5.75 Å². The molecule has 2 aromatic carbocycles. The standard InChI is InChI=1S/C13H10BrO/c1-15-11-8-6-10(7-9-11)12-4-2-3-5-13(12)14/h2,4-9H,1H3. The van der Waals surface area contributed by atoms with Gasteiger partial charge in [0.25, 0.3) is 0 Å². The van der Waals surface area contributed by atoms with Gasteiger partial charge >= 0.3 is 0 Å². The highest BCUT2D eigenvalue weighted by Gasteiger charge is 2.01. The smallest absolute Gasteiger partial charge is 0.118 e. The maximum atomic E-state index is 5.12. The Bertz CT molecular complexity index is 448. The van der Waals surface area contributed by atoms with Crippen molar-refractivity contribution < 1.29 is 4.74 Å². The Morgan fingerprint density at radius 3 is 2.47 bits per heavy atom. The first kappa shape index (κ1) is 10.2. The highest BCUT2D eigenvalue weighted by atomic mass is 79.9. The van der Waals surface area contributed by atoms with Crippen molar-refractivity contribution >= 4 is 15.9 Å². The Kier molecular flexibility index (Phi) is 3.07. The van der Waals surface area contributed by atoms with E-state index in [2.05, 4.69) is 22.0 Å². The average molecular weight is 262 g/mol. The Balaban J connectivity index is 2.42. The maximum Gasteiger partial charge on any atom is 0.118 e. The number of hydrogen-bond donors (Lipinski definition) is 0. The van der Waals surface area contributed by atoms with Crippen LogP contribution in [0, 0.1) is 6.07 Å². The second kappa shape index (κ2) is 4.49. The van der Waals surface area contributed by atoms with Crippen LogP contribution in [0.3, 0.4) is 0 Å². The molecule has 0 saturated carbocycles. The third-order valence-electron chi connectivity index (χ3n) is 2.21. The zero-order valence-corrected chi connectivity index (χ0v) is 9.91. The number of hydrogen-bond acceptors (Lipinski definition) is 1. The summed E-state index contributed by atoms with van der Waals surface area (Å²) in [5.41, 5.74) is 2.33. The van der Waals surface area contributed by atoms with Crippen LogP contribution >= 0.6 is 15.9 Å². The van der Waals surface area contributed by atoms with Gasteiger partial charge in [0.05, 0.1) is 7.11 Å². The molecule has 0 aliphatic carbocycles. The molecule has 0 aliphatic rings. The molecule has 0 spiro atoms. The highest BCUT2D eigenvalue weighted by Crippen LogP contribution is 2.28. The van der Waals surface area contributed by atoms with Gasteiger partial charge in [0.15, 0.2) is 0 Å². The molecule has 0 N–H and O–H groups in total. The minimum Gasteiger partial charge on any atom is -0.497 e. The van der Waals surface area contributed by atoms with E-state index < -0.39 is 0 Å². The van der Waals surface area contributed by atoms with Crippen molar-refractivity contribution in [1.82, 2.24) is 0 Å². The Labute approximate surface area is 97.8 Å². The van der Waals surface area contributed by atoms with Gasteiger partial charge in [-0.05, 0) is 35.4 Å². The zero-order chi connectivity index (χ0) is 10.7. The molecule has 0 fully saturated rings. The van der Waals surface area contributed by atoms with Gasteiger partial charge in [-0.3, -0.25) is 0 Å². The summed E-state index contributed by atoms with van der Waals surface area (Å²) in [7, 11) is 1.67. The van der Waals surface area contributed by atoms with Crippen LogP contribution in [-0.4, -0.2) is 7.11 Å². The average Bonchev–Trinajstić information content (AvgIpc) is 2.30. The van der Waals surface area contributed by atoms with E-state index in [-0.39, 0.29) is 0 Å². The van der Waals surface area contributed by atoms with Gasteiger partial charge in [-0.25, -0.2) is 0 Å². The van der Waals surface area contributed by atoms with Gasteiger partial charge in [-0.15, -0.1) is 0 Å². The molecule has 1 radical (unpaired) electrons. The van der Waals surface area contributed by atoms with Crippen LogP contribution < -0.4 is 4.74 Å². The largest absolute Gasteiger partial charge is 0.497 e. The minimum atomic E-state index is 0.873. The molecule has 1 nitrogen and oxygen atoms in total. The third kappa shape index (κ3) is 2.21. The number of methoxy groups -OCH3 is 1. The van der Waals surface area contributed by atoms with E-state index >= 15 is 0 Å². The fourth-order valence-electron chi connectivity index (χ4n) is 1.41. The second-order valence-corrected chi connectivity index (χ2v) is 3.99. The molecule has 0 heterocycles. The minimum absolute atomic E-state index is 0.873. The monoisotopic (exact) mass is 261 g/mol. The van der Waals surface area contributed by atoms with E-state index in [0.29, 0.717) is 0 Å². The molecule has 0 aromatic heterocycles. The molecule has 15 heavy (non-hydrogen) atoms. The third-order valence-corrected chi connectivity index (χ3v) is 2.87. The van der Waals surface area contributed by atoms with Crippen molar-refractivity contribution in [3.8, 4) is 16.9 Å². The Morgan fingerprint density at radius 1 is 1.13 bits per heavy atom. The van der Waals surface area contributed by atoms with Gasteiger partial charge in [-0.1, -0.05) is 40.2 Å². The summed E-state index contributed by atoms with van der Waals surface area (Å²) in [6, 6.07) is 16.9. The van der Waals surface area contributed by atoms with E-state index in [1.54, 1.807) is 7.11 Å². The highest BCUT2D eigenvalue weighted by molar-refractivity contribution is 9.10. The van der Waals surface area contributed by atoms with E-state index in [0.717, 1.165) is 21.3 Å². The van der Waals surface area contributed by atoms with E-state index in [4.69, 9.17) is 4.74 Å². The number of ether oxygens (including phenoxy) is 1. The second-order valence-electron chi connectivity index (χ2n) is 3.13. The van der Waals surface area contributed by atoms with Crippen LogP contribution in [-0.2, 0) is 0 Å². The van der Waals surface area contributed by atoms with Crippen molar-refractivity contribution in [2.45, 2.75) is 0 Å². The van der Waals surface area contributed by atoms with Gasteiger partial charge in [0.2, 0.25) is 0 Å². The first-order chi connectivity index (χ1) is 7.31. The molecule has 2 rings (SSSR count). The number of benzene rings is 2. The van der Waals surface area contributed by atoms with Crippen molar-refractivity contribution in [1.29, 1.82) is 0 Å². The summed E-state index contributed by atoms with van der Waals surface area (Å²) in [5.74, 6) is 0.873. The molecule has 2 aromatic rings. The summed E-state index contributed by atoms with van der Waals surface area (Å²) >= 11 is 3.51. The van der Waals surface area contributed by atoms with Gasteiger partial charge < -0.3 is 4.74 Å². The molecular formula is C13H10BrO. The molecular weight excluding hydrogens is 252 g/mol. The molecule has 0 amide bonds. The predicted molar refractivity (Wildman–Crippen MR) is 65.0 cm³/mol. The fraction of sp³-hybridized carbons (Fsp3) is 0.0769. The molecule has 0 saturated heterocycles. The van der Waals surface area contributed by atoms with Crippen LogP contribution in [0.25, 0.3) is 11.1 Å². The summed E-state index contributed by atoms with van der Waals surface area (Å²) in [4.78, 5) is 0. The topological polar surface area (TPSA) is 9.23 Å². The summed E-state index contributed by atoms with van der Waals surface area (Å²) in [6.07, 6.45) is 0. The number of halogens is 1. The van der Waals surface area contributed by atoms with Gasteiger partial charge in [0.1, 0.15) is 5.75 Å². The first-order valence-electron chi connectivity index (χ1n) is 4.61. The van der Waals surface area contributed by atoms with Gasteiger partial charge in [-0.2, -0.15) is 0 Å². The Morgan fingerprint density at radius 2 is 1.87 bits per heavy atom. The summed E-state index contributed by atoms with van der Waals surface area (Å²) in [6.45, 7) is 0. The van der Waals surface area contributed by atoms with Crippen molar-refractivity contribution in [3.05, 3.63) is 53.0 Å². The van der Waals surface area contributed by atoms with Gasteiger partial charge in [0, 0.05) is 4.47 Å². The molecule has 75 valence electrons. The van der Waals surface area contributed by atoms with E-state index in [1.807, 2.05) is 42.5 Å². The summed E-state index contributed by atoms with van der Waals surface area (Å²) < 4.78 is 6.17. The first-order valence-corrected chi connectivity index (χ1v) is 5.40.